The fraction of sp³-hybridized carbons (Fsp3) is 0.464. The maximum atomic E-state index is 13.2. The van der Waals surface area contributed by atoms with Gasteiger partial charge >= 0.3 is 0 Å². The Bertz CT molecular complexity index is 1550. The molecule has 2 aromatic heterocycles. The van der Waals surface area contributed by atoms with Crippen molar-refractivity contribution >= 4 is 38.2 Å². The molecular weight excluding hydrogens is 518 g/mol. The van der Waals surface area contributed by atoms with Crippen LogP contribution in [0.5, 0.6) is 5.88 Å². The fourth-order valence-electron chi connectivity index (χ4n) is 5.63. The molecule has 6 rings (SSSR count). The lowest BCUT2D eigenvalue weighted by Crippen LogP contribution is -2.43. The molecule has 3 aliphatic rings. The molecule has 206 valence electrons. The van der Waals surface area contributed by atoms with Crippen molar-refractivity contribution in [1.29, 1.82) is 0 Å². The quantitative estimate of drug-likeness (QED) is 0.404. The number of rotatable bonds is 9. The van der Waals surface area contributed by atoms with Gasteiger partial charge in [0.15, 0.2) is 0 Å². The second kappa shape index (κ2) is 9.72. The lowest BCUT2D eigenvalue weighted by molar-refractivity contribution is -0.125. The molecule has 0 radical (unpaired) electrons. The maximum Gasteiger partial charge on any atom is 0.240 e. The Kier molecular flexibility index (Phi) is 6.47. The van der Waals surface area contributed by atoms with Crippen LogP contribution < -0.4 is 14.4 Å². The average molecular weight is 552 g/mol. The summed E-state index contributed by atoms with van der Waals surface area (Å²) in [6, 6.07) is 7.70. The number of pyridine rings is 2. The third-order valence-corrected chi connectivity index (χ3v) is 9.73. The Hall–Kier alpha value is -3.28. The summed E-state index contributed by atoms with van der Waals surface area (Å²) in [6.07, 6.45) is 6.97. The van der Waals surface area contributed by atoms with E-state index in [-0.39, 0.29) is 25.0 Å². The number of aromatic nitrogens is 2. The van der Waals surface area contributed by atoms with Crippen molar-refractivity contribution in [3.05, 3.63) is 42.2 Å². The smallest absolute Gasteiger partial charge is 0.240 e. The maximum absolute atomic E-state index is 13.2. The van der Waals surface area contributed by atoms with Crippen LogP contribution in [0, 0.1) is 0 Å². The number of hydrogen-bond acceptors (Lipinski definition) is 8. The Morgan fingerprint density at radius 1 is 1.15 bits per heavy atom. The van der Waals surface area contributed by atoms with Crippen LogP contribution in [0.25, 0.3) is 22.0 Å². The van der Waals surface area contributed by atoms with E-state index in [1.165, 1.54) is 0 Å². The van der Waals surface area contributed by atoms with Gasteiger partial charge in [-0.25, -0.2) is 13.4 Å². The van der Waals surface area contributed by atoms with Crippen molar-refractivity contribution in [3.63, 3.8) is 0 Å². The first-order chi connectivity index (χ1) is 18.7. The zero-order valence-electron chi connectivity index (χ0n) is 22.4. The number of nitrogens with one attached hydrogen (secondary N) is 1. The second-order valence-electron chi connectivity index (χ2n) is 10.9. The normalized spacial score (nSPS) is 18.4. The predicted octanol–water partition coefficient (Wildman–Crippen LogP) is 3.17. The van der Waals surface area contributed by atoms with Gasteiger partial charge in [-0.05, 0) is 57.1 Å². The van der Waals surface area contributed by atoms with Crippen LogP contribution in [0.15, 0.2) is 36.7 Å². The minimum atomic E-state index is -3.66. The van der Waals surface area contributed by atoms with E-state index in [0.29, 0.717) is 12.3 Å². The van der Waals surface area contributed by atoms with Gasteiger partial charge in [-0.3, -0.25) is 14.5 Å². The average Bonchev–Trinajstić information content (AvgIpc) is 3.07. The van der Waals surface area contributed by atoms with Gasteiger partial charge in [-0.2, -0.15) is 0 Å². The van der Waals surface area contributed by atoms with Crippen molar-refractivity contribution in [3.8, 4) is 17.0 Å². The highest BCUT2D eigenvalue weighted by Gasteiger charge is 2.54. The molecule has 2 aliphatic heterocycles. The molecule has 4 heterocycles. The number of likely N-dealkylation sites (N-methyl/N-ethyl adjacent to an activating group) is 1. The highest BCUT2D eigenvalue weighted by Crippen LogP contribution is 2.55. The van der Waals surface area contributed by atoms with E-state index in [1.807, 2.05) is 39.3 Å². The summed E-state index contributed by atoms with van der Waals surface area (Å²) in [5.41, 5.74) is 4.15. The van der Waals surface area contributed by atoms with Crippen LogP contribution in [0.4, 0.5) is 11.4 Å². The Morgan fingerprint density at radius 2 is 1.95 bits per heavy atom. The first-order valence-corrected chi connectivity index (χ1v) is 14.8. The summed E-state index contributed by atoms with van der Waals surface area (Å²) < 4.78 is 39.6. The lowest BCUT2D eigenvalue weighted by atomic mass is 9.64. The van der Waals surface area contributed by atoms with Crippen molar-refractivity contribution in [2.24, 2.45) is 0 Å². The SMILES string of the molecule is CN(C)CCCOc1ncc(-c2ccc3ncc4c(c3c2)C2(CCC2)C(=O)N4C)cc1NS(=O)(=O)C1COC1. The van der Waals surface area contributed by atoms with Crippen LogP contribution in [0.3, 0.4) is 0 Å². The summed E-state index contributed by atoms with van der Waals surface area (Å²) in [5.74, 6) is 0.378. The number of ether oxygens (including phenoxy) is 2. The fourth-order valence-corrected chi connectivity index (χ4v) is 6.80. The molecule has 0 bridgehead atoms. The van der Waals surface area contributed by atoms with Crippen molar-refractivity contribution in [2.75, 3.05) is 57.1 Å². The molecule has 1 aromatic carbocycles. The molecule has 1 spiro atoms. The van der Waals surface area contributed by atoms with Crippen LogP contribution >= 0.6 is 0 Å². The molecule has 1 aliphatic carbocycles. The second-order valence-corrected chi connectivity index (χ2v) is 12.9. The molecule has 10 nitrogen and oxygen atoms in total. The molecule has 1 saturated carbocycles. The lowest BCUT2D eigenvalue weighted by Gasteiger charge is -2.37. The summed E-state index contributed by atoms with van der Waals surface area (Å²) in [4.78, 5) is 26.1. The minimum Gasteiger partial charge on any atom is -0.476 e. The monoisotopic (exact) mass is 551 g/mol. The number of nitrogens with zero attached hydrogens (tertiary/aromatic N) is 4. The molecular formula is C28H33N5O5S. The number of benzene rings is 1. The van der Waals surface area contributed by atoms with Crippen LogP contribution in [0.2, 0.25) is 0 Å². The summed E-state index contributed by atoms with van der Waals surface area (Å²) >= 11 is 0. The van der Waals surface area contributed by atoms with Gasteiger partial charge in [0.1, 0.15) is 10.9 Å². The summed E-state index contributed by atoms with van der Waals surface area (Å²) in [7, 11) is 2.13. The van der Waals surface area contributed by atoms with Gasteiger partial charge in [0.2, 0.25) is 21.8 Å². The number of amides is 1. The highest BCUT2D eigenvalue weighted by molar-refractivity contribution is 7.93. The molecule has 0 atom stereocenters. The number of carbonyl (C=O) groups is 1. The molecule has 1 N–H and O–H groups in total. The topological polar surface area (TPSA) is 114 Å². The van der Waals surface area contributed by atoms with Crippen LogP contribution in [0.1, 0.15) is 31.2 Å². The number of carbonyl (C=O) groups excluding carboxylic acids is 1. The van der Waals surface area contributed by atoms with Crippen molar-refractivity contribution in [1.82, 2.24) is 14.9 Å². The largest absolute Gasteiger partial charge is 0.476 e. The molecule has 11 heteroatoms. The van der Waals surface area contributed by atoms with Gasteiger partial charge in [0.05, 0.1) is 42.6 Å². The Morgan fingerprint density at radius 3 is 2.62 bits per heavy atom. The van der Waals surface area contributed by atoms with Gasteiger partial charge in [-0.1, -0.05) is 12.5 Å². The number of sulfonamides is 1. The van der Waals surface area contributed by atoms with Gasteiger partial charge in [-0.15, -0.1) is 0 Å². The van der Waals surface area contributed by atoms with E-state index in [4.69, 9.17) is 9.47 Å². The Balaban J connectivity index is 1.39. The first kappa shape index (κ1) is 26.0. The zero-order valence-corrected chi connectivity index (χ0v) is 23.3. The highest BCUT2D eigenvalue weighted by atomic mass is 32.2. The first-order valence-electron chi connectivity index (χ1n) is 13.3. The van der Waals surface area contributed by atoms with Gasteiger partial charge < -0.3 is 19.3 Å². The number of fused-ring (bicyclic) bond motifs is 4. The van der Waals surface area contributed by atoms with Crippen molar-refractivity contribution < 1.29 is 22.7 Å². The van der Waals surface area contributed by atoms with Gasteiger partial charge in [0.25, 0.3) is 0 Å². The Labute approximate surface area is 228 Å². The van der Waals surface area contributed by atoms with E-state index in [9.17, 15) is 13.2 Å². The van der Waals surface area contributed by atoms with Crippen molar-refractivity contribution in [2.45, 2.75) is 36.3 Å². The van der Waals surface area contributed by atoms with Gasteiger partial charge in [0, 0.05) is 36.3 Å². The van der Waals surface area contributed by atoms with E-state index >= 15 is 0 Å². The standard InChI is InChI=1S/C28H33N5O5S/c1-32(2)10-5-11-38-26-23(31-39(35,36)20-16-37-17-20)13-19(14-30-26)18-6-7-22-21(12-18)25-24(15-29-22)33(3)27(34)28(25)8-4-9-28/h6-7,12-15,20,31H,4-5,8-11,16-17H2,1-3H3. The third kappa shape index (κ3) is 4.42. The summed E-state index contributed by atoms with van der Waals surface area (Å²) in [5, 5.41) is 0.338. The van der Waals surface area contributed by atoms with E-state index in [2.05, 4.69) is 19.6 Å². The minimum absolute atomic E-state index is 0.137. The molecule has 0 unspecified atom stereocenters. The molecule has 2 fully saturated rings. The number of hydrogen-bond donors (Lipinski definition) is 1. The zero-order chi connectivity index (χ0) is 27.4. The van der Waals surface area contributed by atoms with Crippen LogP contribution in [-0.2, 0) is 25.0 Å². The van der Waals surface area contributed by atoms with Crippen LogP contribution in [-0.4, -0.2) is 82.0 Å². The van der Waals surface area contributed by atoms with E-state index in [1.54, 1.807) is 23.4 Å². The predicted molar refractivity (Wildman–Crippen MR) is 150 cm³/mol. The molecule has 1 saturated heterocycles. The number of anilines is 2. The van der Waals surface area contributed by atoms with E-state index in [0.717, 1.165) is 65.5 Å². The molecule has 3 aromatic rings. The van der Waals surface area contributed by atoms with E-state index < -0.39 is 20.7 Å². The third-order valence-electron chi connectivity index (χ3n) is 8.08. The summed E-state index contributed by atoms with van der Waals surface area (Å²) in [6.45, 7) is 1.58. The molecule has 39 heavy (non-hydrogen) atoms. The molecule has 1 amide bonds.